The standard InChI is InChI=1S/C19H25NO3/c1-20(13-19(11-12-19)16-5-3-2-4-6-16)17(21)14-7-9-15(10-8-14)18(22)23/h2-6,14-15H,7-13H2,1H3,(H,22,23). The lowest BCUT2D eigenvalue weighted by molar-refractivity contribution is -0.145. The van der Waals surface area contributed by atoms with Crippen LogP contribution in [0.5, 0.6) is 0 Å². The van der Waals surface area contributed by atoms with Gasteiger partial charge >= 0.3 is 5.97 Å². The number of carboxylic acid groups (broad SMARTS) is 1. The number of carboxylic acids is 1. The first kappa shape index (κ1) is 16.0. The van der Waals surface area contributed by atoms with Crippen molar-refractivity contribution in [1.82, 2.24) is 4.90 Å². The largest absolute Gasteiger partial charge is 0.481 e. The number of amides is 1. The van der Waals surface area contributed by atoms with Crippen molar-refractivity contribution in [2.75, 3.05) is 13.6 Å². The molecule has 2 fully saturated rings. The minimum Gasteiger partial charge on any atom is -0.481 e. The molecule has 1 amide bonds. The van der Waals surface area contributed by atoms with Gasteiger partial charge in [-0.2, -0.15) is 0 Å². The molecule has 2 aliphatic rings. The molecule has 0 saturated heterocycles. The van der Waals surface area contributed by atoms with Gasteiger partial charge in [0.05, 0.1) is 5.92 Å². The number of carbonyl (C=O) groups excluding carboxylic acids is 1. The van der Waals surface area contributed by atoms with E-state index in [1.165, 1.54) is 5.56 Å². The second-order valence-corrected chi connectivity index (χ2v) is 7.23. The molecule has 2 aliphatic carbocycles. The molecular weight excluding hydrogens is 290 g/mol. The summed E-state index contributed by atoms with van der Waals surface area (Å²) < 4.78 is 0. The van der Waals surface area contributed by atoms with Gasteiger partial charge in [-0.25, -0.2) is 0 Å². The van der Waals surface area contributed by atoms with Crippen LogP contribution in [-0.4, -0.2) is 35.5 Å². The zero-order valence-corrected chi connectivity index (χ0v) is 13.7. The predicted octanol–water partition coefficient (Wildman–Crippen LogP) is 3.07. The van der Waals surface area contributed by atoms with E-state index in [0.29, 0.717) is 25.7 Å². The Labute approximate surface area is 137 Å². The average Bonchev–Trinajstić information content (AvgIpc) is 3.36. The number of likely N-dealkylation sites (N-methyl/N-ethyl adjacent to an activating group) is 1. The molecule has 124 valence electrons. The summed E-state index contributed by atoms with van der Waals surface area (Å²) in [6.07, 6.45) is 4.95. The monoisotopic (exact) mass is 315 g/mol. The molecule has 2 saturated carbocycles. The number of hydrogen-bond donors (Lipinski definition) is 1. The van der Waals surface area contributed by atoms with E-state index in [9.17, 15) is 9.59 Å². The number of benzene rings is 1. The Bertz CT molecular complexity index is 572. The quantitative estimate of drug-likeness (QED) is 0.908. The molecule has 4 heteroatoms. The molecule has 4 nitrogen and oxygen atoms in total. The van der Waals surface area contributed by atoms with Crippen molar-refractivity contribution >= 4 is 11.9 Å². The molecule has 0 spiro atoms. The summed E-state index contributed by atoms with van der Waals surface area (Å²) >= 11 is 0. The maximum Gasteiger partial charge on any atom is 0.306 e. The second kappa shape index (κ2) is 6.34. The number of rotatable bonds is 5. The lowest BCUT2D eigenvalue weighted by atomic mass is 9.81. The summed E-state index contributed by atoms with van der Waals surface area (Å²) in [6, 6.07) is 10.5. The highest BCUT2D eigenvalue weighted by molar-refractivity contribution is 5.79. The predicted molar refractivity (Wildman–Crippen MR) is 88.1 cm³/mol. The van der Waals surface area contributed by atoms with E-state index in [4.69, 9.17) is 5.11 Å². The SMILES string of the molecule is CN(CC1(c2ccccc2)CC1)C(=O)C1CCC(C(=O)O)CC1. The van der Waals surface area contributed by atoms with Gasteiger partial charge in [0.2, 0.25) is 5.91 Å². The van der Waals surface area contributed by atoms with Crippen LogP contribution in [0.3, 0.4) is 0 Å². The molecular formula is C19H25NO3. The van der Waals surface area contributed by atoms with Crippen LogP contribution >= 0.6 is 0 Å². The van der Waals surface area contributed by atoms with E-state index in [1.807, 2.05) is 18.0 Å². The van der Waals surface area contributed by atoms with Crippen molar-refractivity contribution in [2.45, 2.75) is 43.9 Å². The summed E-state index contributed by atoms with van der Waals surface area (Å²) in [5, 5.41) is 9.06. The number of carbonyl (C=O) groups is 2. The fraction of sp³-hybridized carbons (Fsp3) is 0.579. The molecule has 3 rings (SSSR count). The summed E-state index contributed by atoms with van der Waals surface area (Å²) in [6.45, 7) is 0.773. The summed E-state index contributed by atoms with van der Waals surface area (Å²) in [5.41, 5.74) is 1.47. The zero-order chi connectivity index (χ0) is 16.4. The van der Waals surface area contributed by atoms with Gasteiger partial charge in [-0.3, -0.25) is 9.59 Å². The Balaban J connectivity index is 1.58. The number of aliphatic carboxylic acids is 1. The number of hydrogen-bond acceptors (Lipinski definition) is 2. The smallest absolute Gasteiger partial charge is 0.306 e. The van der Waals surface area contributed by atoms with E-state index >= 15 is 0 Å². The Hall–Kier alpha value is -1.84. The maximum atomic E-state index is 12.7. The zero-order valence-electron chi connectivity index (χ0n) is 13.7. The minimum absolute atomic E-state index is 0.00201. The third-order valence-electron chi connectivity index (χ3n) is 5.58. The van der Waals surface area contributed by atoms with Crippen LogP contribution in [0, 0.1) is 11.8 Å². The van der Waals surface area contributed by atoms with Crippen molar-refractivity contribution in [2.24, 2.45) is 11.8 Å². The molecule has 0 unspecified atom stereocenters. The van der Waals surface area contributed by atoms with E-state index in [1.54, 1.807) is 0 Å². The third kappa shape index (κ3) is 3.41. The molecule has 0 aliphatic heterocycles. The first-order valence-corrected chi connectivity index (χ1v) is 8.55. The normalized spacial score (nSPS) is 25.6. The topological polar surface area (TPSA) is 57.6 Å². The Morgan fingerprint density at radius 1 is 1.09 bits per heavy atom. The van der Waals surface area contributed by atoms with E-state index in [0.717, 1.165) is 19.4 Å². The third-order valence-corrected chi connectivity index (χ3v) is 5.58. The molecule has 0 aromatic heterocycles. The van der Waals surface area contributed by atoms with Crippen LogP contribution in [0.1, 0.15) is 44.1 Å². The average molecular weight is 315 g/mol. The molecule has 1 aromatic carbocycles. The first-order chi connectivity index (χ1) is 11.0. The van der Waals surface area contributed by atoms with Crippen LogP contribution in [-0.2, 0) is 15.0 Å². The fourth-order valence-electron chi connectivity index (χ4n) is 3.91. The summed E-state index contributed by atoms with van der Waals surface area (Å²) in [4.78, 5) is 25.6. The lowest BCUT2D eigenvalue weighted by Gasteiger charge is -2.31. The van der Waals surface area contributed by atoms with Gasteiger partial charge in [-0.05, 0) is 44.1 Å². The van der Waals surface area contributed by atoms with Gasteiger partial charge in [0.15, 0.2) is 0 Å². The molecule has 0 heterocycles. The van der Waals surface area contributed by atoms with Gasteiger partial charge in [-0.15, -0.1) is 0 Å². The fourth-order valence-corrected chi connectivity index (χ4v) is 3.91. The van der Waals surface area contributed by atoms with Gasteiger partial charge in [0, 0.05) is 24.9 Å². The van der Waals surface area contributed by atoms with Crippen LogP contribution in [0.2, 0.25) is 0 Å². The van der Waals surface area contributed by atoms with Crippen LogP contribution in [0.15, 0.2) is 30.3 Å². The first-order valence-electron chi connectivity index (χ1n) is 8.55. The Kier molecular flexibility index (Phi) is 4.42. The van der Waals surface area contributed by atoms with Crippen LogP contribution in [0.4, 0.5) is 0 Å². The van der Waals surface area contributed by atoms with Crippen molar-refractivity contribution in [3.05, 3.63) is 35.9 Å². The van der Waals surface area contributed by atoms with Gasteiger partial charge in [0.1, 0.15) is 0 Å². The summed E-state index contributed by atoms with van der Waals surface area (Å²) in [7, 11) is 1.90. The summed E-state index contributed by atoms with van der Waals surface area (Å²) in [5.74, 6) is -0.785. The van der Waals surface area contributed by atoms with Gasteiger partial charge in [0.25, 0.3) is 0 Å². The lowest BCUT2D eigenvalue weighted by Crippen LogP contribution is -2.40. The van der Waals surface area contributed by atoms with Gasteiger partial charge < -0.3 is 10.0 Å². The Morgan fingerprint density at radius 3 is 2.17 bits per heavy atom. The second-order valence-electron chi connectivity index (χ2n) is 7.23. The molecule has 0 atom stereocenters. The van der Waals surface area contributed by atoms with Gasteiger partial charge in [-0.1, -0.05) is 30.3 Å². The highest BCUT2D eigenvalue weighted by Crippen LogP contribution is 2.48. The Morgan fingerprint density at radius 2 is 1.65 bits per heavy atom. The van der Waals surface area contributed by atoms with Crippen molar-refractivity contribution < 1.29 is 14.7 Å². The van der Waals surface area contributed by atoms with E-state index in [2.05, 4.69) is 24.3 Å². The molecule has 23 heavy (non-hydrogen) atoms. The van der Waals surface area contributed by atoms with Crippen molar-refractivity contribution in [1.29, 1.82) is 0 Å². The molecule has 0 bridgehead atoms. The maximum absolute atomic E-state index is 12.7. The molecule has 0 radical (unpaired) electrons. The number of nitrogens with zero attached hydrogens (tertiary/aromatic N) is 1. The van der Waals surface area contributed by atoms with Crippen LogP contribution in [0.25, 0.3) is 0 Å². The highest BCUT2D eigenvalue weighted by Gasteiger charge is 2.46. The van der Waals surface area contributed by atoms with E-state index in [-0.39, 0.29) is 23.2 Å². The van der Waals surface area contributed by atoms with Crippen molar-refractivity contribution in [3.8, 4) is 0 Å². The van der Waals surface area contributed by atoms with Crippen LogP contribution < -0.4 is 0 Å². The molecule has 1 N–H and O–H groups in total. The minimum atomic E-state index is -0.717. The highest BCUT2D eigenvalue weighted by atomic mass is 16.4. The van der Waals surface area contributed by atoms with E-state index < -0.39 is 5.97 Å². The molecule has 1 aromatic rings. The van der Waals surface area contributed by atoms with Crippen molar-refractivity contribution in [3.63, 3.8) is 0 Å².